The Morgan fingerprint density at radius 3 is 2.81 bits per heavy atom. The molecule has 1 aliphatic rings. The highest BCUT2D eigenvalue weighted by Gasteiger charge is 2.17. The van der Waals surface area contributed by atoms with E-state index >= 15 is 0 Å². The first kappa shape index (κ1) is 19.3. The molecule has 1 saturated heterocycles. The lowest BCUT2D eigenvalue weighted by molar-refractivity contribution is -0.124. The SMILES string of the molecule is Cc1nc(COc2ccc(C(=O)OCC(=O)NC[C@H]3CCCO3)cc2)cs1. The Kier molecular flexibility index (Phi) is 6.78. The third kappa shape index (κ3) is 6.04. The summed E-state index contributed by atoms with van der Waals surface area (Å²) >= 11 is 1.57. The molecule has 1 N–H and O–H groups in total. The molecule has 144 valence electrons. The monoisotopic (exact) mass is 390 g/mol. The minimum atomic E-state index is -0.552. The predicted molar refractivity (Wildman–Crippen MR) is 99.9 cm³/mol. The molecule has 8 heteroatoms. The van der Waals surface area contributed by atoms with Crippen LogP contribution in [0.5, 0.6) is 5.75 Å². The molecule has 1 amide bonds. The van der Waals surface area contributed by atoms with Gasteiger partial charge in [-0.05, 0) is 44.0 Å². The smallest absolute Gasteiger partial charge is 0.338 e. The summed E-state index contributed by atoms with van der Waals surface area (Å²) in [4.78, 5) is 28.1. The Labute approximate surface area is 161 Å². The van der Waals surface area contributed by atoms with Gasteiger partial charge in [-0.1, -0.05) is 0 Å². The molecule has 0 bridgehead atoms. The molecule has 7 nitrogen and oxygen atoms in total. The van der Waals surface area contributed by atoms with Crippen molar-refractivity contribution in [2.75, 3.05) is 19.8 Å². The van der Waals surface area contributed by atoms with Crippen molar-refractivity contribution >= 4 is 23.2 Å². The highest BCUT2D eigenvalue weighted by Crippen LogP contribution is 2.16. The molecule has 0 aliphatic carbocycles. The maximum Gasteiger partial charge on any atom is 0.338 e. The Hall–Kier alpha value is -2.45. The van der Waals surface area contributed by atoms with Gasteiger partial charge in [0.2, 0.25) is 0 Å². The van der Waals surface area contributed by atoms with Gasteiger partial charge in [-0.2, -0.15) is 0 Å². The summed E-state index contributed by atoms with van der Waals surface area (Å²) in [5, 5.41) is 5.65. The first-order valence-electron chi connectivity index (χ1n) is 8.79. The number of carbonyl (C=O) groups excluding carboxylic acids is 2. The number of hydrogen-bond acceptors (Lipinski definition) is 7. The quantitative estimate of drug-likeness (QED) is 0.697. The van der Waals surface area contributed by atoms with Crippen molar-refractivity contribution in [3.63, 3.8) is 0 Å². The average Bonchev–Trinajstić information content (AvgIpc) is 3.34. The number of aromatic nitrogens is 1. The first-order valence-corrected chi connectivity index (χ1v) is 9.67. The fourth-order valence-corrected chi connectivity index (χ4v) is 3.21. The molecule has 3 rings (SSSR count). The Morgan fingerprint density at radius 1 is 1.33 bits per heavy atom. The zero-order chi connectivity index (χ0) is 19.1. The lowest BCUT2D eigenvalue weighted by Gasteiger charge is -2.11. The van der Waals surface area contributed by atoms with Crippen LogP contribution in [0, 0.1) is 6.92 Å². The summed E-state index contributed by atoms with van der Waals surface area (Å²) in [6.45, 7) is 3.18. The largest absolute Gasteiger partial charge is 0.487 e. The summed E-state index contributed by atoms with van der Waals surface area (Å²) in [6, 6.07) is 6.59. The second-order valence-electron chi connectivity index (χ2n) is 6.19. The average molecular weight is 390 g/mol. The molecule has 0 unspecified atom stereocenters. The van der Waals surface area contributed by atoms with Gasteiger partial charge in [0.25, 0.3) is 5.91 Å². The first-order chi connectivity index (χ1) is 13.1. The van der Waals surface area contributed by atoms with E-state index in [1.807, 2.05) is 12.3 Å². The van der Waals surface area contributed by atoms with Crippen molar-refractivity contribution in [2.45, 2.75) is 32.5 Å². The summed E-state index contributed by atoms with van der Waals surface area (Å²) in [7, 11) is 0. The van der Waals surface area contributed by atoms with Crippen LogP contribution < -0.4 is 10.1 Å². The Bertz CT molecular complexity index is 769. The van der Waals surface area contributed by atoms with E-state index in [9.17, 15) is 9.59 Å². The number of amides is 1. The van der Waals surface area contributed by atoms with Gasteiger partial charge in [0.15, 0.2) is 6.61 Å². The molecule has 0 saturated carbocycles. The van der Waals surface area contributed by atoms with Crippen molar-refractivity contribution in [1.29, 1.82) is 0 Å². The van der Waals surface area contributed by atoms with Crippen molar-refractivity contribution in [3.8, 4) is 5.75 Å². The van der Waals surface area contributed by atoms with Crippen molar-refractivity contribution < 1.29 is 23.8 Å². The van der Waals surface area contributed by atoms with Crippen LogP contribution in [-0.4, -0.2) is 42.7 Å². The van der Waals surface area contributed by atoms with E-state index in [-0.39, 0.29) is 18.6 Å². The van der Waals surface area contributed by atoms with E-state index < -0.39 is 5.97 Å². The van der Waals surface area contributed by atoms with E-state index in [0.717, 1.165) is 30.2 Å². The number of benzene rings is 1. The molecule has 1 atom stereocenters. The summed E-state index contributed by atoms with van der Waals surface area (Å²) in [5.41, 5.74) is 1.23. The van der Waals surface area contributed by atoms with Gasteiger partial charge in [-0.25, -0.2) is 9.78 Å². The fourth-order valence-electron chi connectivity index (χ4n) is 2.62. The van der Waals surface area contributed by atoms with Gasteiger partial charge in [-0.15, -0.1) is 11.3 Å². The van der Waals surface area contributed by atoms with Crippen LogP contribution in [0.25, 0.3) is 0 Å². The minimum absolute atomic E-state index is 0.0605. The molecular weight excluding hydrogens is 368 g/mol. The second kappa shape index (κ2) is 9.48. The van der Waals surface area contributed by atoms with Crippen LogP contribution >= 0.6 is 11.3 Å². The highest BCUT2D eigenvalue weighted by molar-refractivity contribution is 7.09. The normalized spacial score (nSPS) is 16.1. The molecular formula is C19H22N2O5S. The number of nitrogens with zero attached hydrogens (tertiary/aromatic N) is 1. The van der Waals surface area contributed by atoms with E-state index in [4.69, 9.17) is 14.2 Å². The number of ether oxygens (including phenoxy) is 3. The van der Waals surface area contributed by atoms with Crippen LogP contribution in [0.15, 0.2) is 29.6 Å². The molecule has 2 aromatic rings. The number of nitrogens with one attached hydrogen (secondary N) is 1. The van der Waals surface area contributed by atoms with Crippen LogP contribution in [0.1, 0.15) is 33.9 Å². The molecule has 0 spiro atoms. The molecule has 1 fully saturated rings. The summed E-state index contributed by atoms with van der Waals surface area (Å²) < 4.78 is 16.1. The van der Waals surface area contributed by atoms with Crippen molar-refractivity contribution in [2.24, 2.45) is 0 Å². The standard InChI is InChI=1S/C19H22N2O5S/c1-13-21-15(12-27-13)10-25-16-6-4-14(5-7-16)19(23)26-11-18(22)20-9-17-3-2-8-24-17/h4-7,12,17H,2-3,8-11H2,1H3,(H,20,22)/t17-/m1/s1. The lowest BCUT2D eigenvalue weighted by atomic mass is 10.2. The highest BCUT2D eigenvalue weighted by atomic mass is 32.1. The zero-order valence-corrected chi connectivity index (χ0v) is 15.9. The number of thiazole rings is 1. The number of esters is 1. The third-order valence-electron chi connectivity index (χ3n) is 4.03. The van der Waals surface area contributed by atoms with Crippen LogP contribution in [0.3, 0.4) is 0 Å². The van der Waals surface area contributed by atoms with Crippen molar-refractivity contribution in [1.82, 2.24) is 10.3 Å². The fraction of sp³-hybridized carbons (Fsp3) is 0.421. The lowest BCUT2D eigenvalue weighted by Crippen LogP contribution is -2.34. The Morgan fingerprint density at radius 2 is 2.15 bits per heavy atom. The summed E-state index contributed by atoms with van der Waals surface area (Å²) in [5.74, 6) is -0.257. The molecule has 1 aromatic heterocycles. The summed E-state index contributed by atoms with van der Waals surface area (Å²) in [6.07, 6.45) is 2.01. The maximum atomic E-state index is 12.0. The molecule has 0 radical (unpaired) electrons. The number of rotatable bonds is 8. The topological polar surface area (TPSA) is 86.8 Å². The number of carbonyl (C=O) groups is 2. The van der Waals surface area contributed by atoms with Gasteiger partial charge in [0, 0.05) is 18.5 Å². The molecule has 1 aliphatic heterocycles. The van der Waals surface area contributed by atoms with Crippen LogP contribution in [0.4, 0.5) is 0 Å². The zero-order valence-electron chi connectivity index (χ0n) is 15.1. The Balaban J connectivity index is 1.39. The molecule has 1 aromatic carbocycles. The maximum absolute atomic E-state index is 12.0. The van der Waals surface area contributed by atoms with E-state index in [1.54, 1.807) is 35.6 Å². The second-order valence-corrected chi connectivity index (χ2v) is 7.25. The van der Waals surface area contributed by atoms with Gasteiger partial charge in [0.1, 0.15) is 12.4 Å². The van der Waals surface area contributed by atoms with Gasteiger partial charge >= 0.3 is 5.97 Å². The van der Waals surface area contributed by atoms with Crippen LogP contribution in [0.2, 0.25) is 0 Å². The van der Waals surface area contributed by atoms with E-state index in [2.05, 4.69) is 10.3 Å². The molecule has 2 heterocycles. The number of hydrogen-bond donors (Lipinski definition) is 1. The molecule has 27 heavy (non-hydrogen) atoms. The minimum Gasteiger partial charge on any atom is -0.487 e. The van der Waals surface area contributed by atoms with Crippen molar-refractivity contribution in [3.05, 3.63) is 45.9 Å². The van der Waals surface area contributed by atoms with Gasteiger partial charge < -0.3 is 19.5 Å². The van der Waals surface area contributed by atoms with Gasteiger partial charge in [0.05, 0.1) is 22.4 Å². The van der Waals surface area contributed by atoms with E-state index in [1.165, 1.54) is 0 Å². The number of aryl methyl sites for hydroxylation is 1. The van der Waals surface area contributed by atoms with E-state index in [0.29, 0.717) is 24.5 Å². The predicted octanol–water partition coefficient (Wildman–Crippen LogP) is 2.48. The third-order valence-corrected chi connectivity index (χ3v) is 4.85. The van der Waals surface area contributed by atoms with Crippen LogP contribution in [-0.2, 0) is 20.9 Å². The van der Waals surface area contributed by atoms with Gasteiger partial charge in [-0.3, -0.25) is 4.79 Å².